The van der Waals surface area contributed by atoms with Crippen LogP contribution >= 0.6 is 11.6 Å². The molecule has 12 nitrogen and oxygen atoms in total. The van der Waals surface area contributed by atoms with Gasteiger partial charge in [0.25, 0.3) is 5.56 Å². The fourth-order valence-corrected chi connectivity index (χ4v) is 6.42. The summed E-state index contributed by atoms with van der Waals surface area (Å²) in [6, 6.07) is 13.7. The van der Waals surface area contributed by atoms with Gasteiger partial charge in [-0.25, -0.2) is 18.8 Å². The summed E-state index contributed by atoms with van der Waals surface area (Å²) in [5.74, 6) is 0.747. The van der Waals surface area contributed by atoms with E-state index in [-0.39, 0.29) is 23.3 Å². The van der Waals surface area contributed by atoms with Gasteiger partial charge in [-0.15, -0.1) is 0 Å². The lowest BCUT2D eigenvalue weighted by Crippen LogP contribution is -2.58. The number of hydrogen-bond acceptors (Lipinski definition) is 8. The predicted octanol–water partition coefficient (Wildman–Crippen LogP) is 4.54. The summed E-state index contributed by atoms with van der Waals surface area (Å²) in [5.41, 5.74) is 0.787. The first-order valence-electron chi connectivity index (χ1n) is 15.8. The minimum absolute atomic E-state index is 0.0618. The molecule has 2 unspecified atom stereocenters. The lowest BCUT2D eigenvalue weighted by atomic mass is 10.1. The number of piperazine rings is 1. The van der Waals surface area contributed by atoms with Gasteiger partial charge in [0.15, 0.2) is 5.82 Å². The van der Waals surface area contributed by atoms with E-state index < -0.39 is 17.9 Å². The molecule has 2 saturated heterocycles. The molecule has 4 aromatic rings. The van der Waals surface area contributed by atoms with Crippen LogP contribution in [0.25, 0.3) is 10.9 Å². The minimum atomic E-state index is -0.858. The van der Waals surface area contributed by atoms with Gasteiger partial charge < -0.3 is 30.0 Å². The second-order valence-electron chi connectivity index (χ2n) is 11.7. The molecule has 2 atom stereocenters. The quantitative estimate of drug-likeness (QED) is 0.279. The van der Waals surface area contributed by atoms with Gasteiger partial charge in [0.05, 0.1) is 56.0 Å². The van der Waals surface area contributed by atoms with Crippen molar-refractivity contribution in [1.82, 2.24) is 19.9 Å². The minimum Gasteiger partial charge on any atom is -0.497 e. The van der Waals surface area contributed by atoms with E-state index in [2.05, 4.69) is 10.6 Å². The van der Waals surface area contributed by atoms with Crippen LogP contribution in [-0.2, 0) is 4.79 Å². The monoisotopic (exact) mass is 677 g/mol. The van der Waals surface area contributed by atoms with Gasteiger partial charge in [0.2, 0.25) is 5.91 Å². The number of fused-ring (bicyclic) bond motifs is 1. The molecule has 252 valence electrons. The van der Waals surface area contributed by atoms with Crippen molar-refractivity contribution in [3.8, 4) is 11.5 Å². The number of aromatic nitrogens is 2. The third-order valence-corrected chi connectivity index (χ3v) is 9.00. The lowest BCUT2D eigenvalue weighted by Gasteiger charge is -2.39. The van der Waals surface area contributed by atoms with Gasteiger partial charge in [-0.05, 0) is 80.9 Å². The molecule has 6 rings (SSSR count). The summed E-state index contributed by atoms with van der Waals surface area (Å²) < 4.78 is 26.3. The van der Waals surface area contributed by atoms with Crippen molar-refractivity contribution in [2.45, 2.75) is 31.8 Å². The first-order valence-corrected chi connectivity index (χ1v) is 16.1. The zero-order valence-corrected chi connectivity index (χ0v) is 27.7. The van der Waals surface area contributed by atoms with Gasteiger partial charge in [-0.2, -0.15) is 0 Å². The topological polar surface area (TPSA) is 121 Å². The summed E-state index contributed by atoms with van der Waals surface area (Å²) in [4.78, 5) is 49.9. The fourth-order valence-electron chi connectivity index (χ4n) is 6.25. The molecule has 0 spiro atoms. The third kappa shape index (κ3) is 6.60. The number of methoxy groups -OCH3 is 2. The molecule has 14 heteroatoms. The highest BCUT2D eigenvalue weighted by Crippen LogP contribution is 2.37. The maximum Gasteiger partial charge on any atom is 0.327 e. The average molecular weight is 678 g/mol. The summed E-state index contributed by atoms with van der Waals surface area (Å²) in [5, 5.41) is 8.66. The molecule has 48 heavy (non-hydrogen) atoms. The Labute approximate surface area is 282 Å². The Kier molecular flexibility index (Phi) is 9.69. The average Bonchev–Trinajstić information content (AvgIpc) is 3.65. The Morgan fingerprint density at radius 2 is 1.79 bits per heavy atom. The number of amides is 3. The van der Waals surface area contributed by atoms with E-state index in [0.29, 0.717) is 65.0 Å². The summed E-state index contributed by atoms with van der Waals surface area (Å²) in [6.07, 6.45) is 1.77. The van der Waals surface area contributed by atoms with Crippen LogP contribution in [0.5, 0.6) is 11.5 Å². The fraction of sp³-hybridized carbons (Fsp3) is 0.353. The molecule has 0 aliphatic carbocycles. The number of nitrogens with one attached hydrogen (secondary N) is 2. The van der Waals surface area contributed by atoms with E-state index in [1.165, 1.54) is 48.1 Å². The summed E-state index contributed by atoms with van der Waals surface area (Å²) in [7, 11) is 3.01. The van der Waals surface area contributed by atoms with Crippen molar-refractivity contribution in [3.05, 3.63) is 87.7 Å². The molecule has 3 aromatic carbocycles. The Balaban J connectivity index is 1.43. The Bertz CT molecular complexity index is 1870. The maximum absolute atomic E-state index is 14.3. The van der Waals surface area contributed by atoms with Gasteiger partial charge >= 0.3 is 6.03 Å². The van der Waals surface area contributed by atoms with Crippen LogP contribution in [0, 0.1) is 5.82 Å². The van der Waals surface area contributed by atoms with Gasteiger partial charge in [0, 0.05) is 29.9 Å². The van der Waals surface area contributed by atoms with Crippen molar-refractivity contribution in [2.75, 3.05) is 62.2 Å². The Morgan fingerprint density at radius 3 is 2.46 bits per heavy atom. The molecule has 1 aromatic heterocycles. The molecule has 3 amide bonds. The first kappa shape index (κ1) is 33.0. The van der Waals surface area contributed by atoms with Crippen LogP contribution < -0.4 is 35.6 Å². The zero-order chi connectivity index (χ0) is 33.9. The van der Waals surface area contributed by atoms with E-state index >= 15 is 0 Å². The Hall–Kier alpha value is -4.88. The van der Waals surface area contributed by atoms with Crippen molar-refractivity contribution >= 4 is 45.8 Å². The Morgan fingerprint density at radius 1 is 1.04 bits per heavy atom. The van der Waals surface area contributed by atoms with Crippen molar-refractivity contribution in [1.29, 1.82) is 0 Å². The molecule has 3 heterocycles. The van der Waals surface area contributed by atoms with Crippen molar-refractivity contribution in [3.63, 3.8) is 0 Å². The standard InChI is InChI=1S/C34H37ClFN7O5/c1-21(42(29-13-11-25(47-2)20-30(29)48-3)34(46)38-24-9-7-23(36)8-10-24)31-39-27-12-6-22(35)19-26(27)32(44)43(31)41-17-15-40(16-18-41)33(45)28-5-4-14-37-28/h6-13,19-21,28,37H,4-5,14-18H2,1-3H3,(H,38,46). The van der Waals surface area contributed by atoms with Crippen molar-refractivity contribution in [2.24, 2.45) is 0 Å². The van der Waals surface area contributed by atoms with Gasteiger partial charge in [0.1, 0.15) is 17.3 Å². The number of benzene rings is 3. The normalized spacial score (nSPS) is 16.9. The third-order valence-electron chi connectivity index (χ3n) is 8.76. The number of ether oxygens (including phenoxy) is 2. The number of hydrogen-bond donors (Lipinski definition) is 2. The van der Waals surface area contributed by atoms with Crippen molar-refractivity contribution < 1.29 is 23.5 Å². The molecule has 2 aliphatic rings. The van der Waals surface area contributed by atoms with Crippen LogP contribution in [0.1, 0.15) is 31.6 Å². The summed E-state index contributed by atoms with van der Waals surface area (Å²) >= 11 is 6.32. The molecular weight excluding hydrogens is 641 g/mol. The van der Waals surface area contributed by atoms with Gasteiger partial charge in [-0.1, -0.05) is 11.6 Å². The number of rotatable bonds is 8. The van der Waals surface area contributed by atoms with E-state index in [1.54, 1.807) is 43.3 Å². The first-order chi connectivity index (χ1) is 23.2. The number of halogens is 2. The van der Waals surface area contributed by atoms with E-state index in [9.17, 15) is 18.8 Å². The number of nitrogens with zero attached hydrogens (tertiary/aromatic N) is 5. The maximum atomic E-state index is 14.3. The predicted molar refractivity (Wildman–Crippen MR) is 182 cm³/mol. The van der Waals surface area contributed by atoms with Crippen LogP contribution in [0.3, 0.4) is 0 Å². The summed E-state index contributed by atoms with van der Waals surface area (Å²) in [6.45, 7) is 4.12. The number of carbonyl (C=O) groups is 2. The number of urea groups is 1. The van der Waals surface area contributed by atoms with Crippen LogP contribution in [0.15, 0.2) is 65.5 Å². The molecule has 2 N–H and O–H groups in total. The molecule has 2 aliphatic heterocycles. The zero-order valence-electron chi connectivity index (χ0n) is 26.9. The smallest absolute Gasteiger partial charge is 0.327 e. The largest absolute Gasteiger partial charge is 0.497 e. The van der Waals surface area contributed by atoms with Crippen LogP contribution in [0.4, 0.5) is 20.6 Å². The molecule has 0 bridgehead atoms. The van der Waals surface area contributed by atoms with Crippen LogP contribution in [0.2, 0.25) is 5.02 Å². The number of carbonyl (C=O) groups excluding carboxylic acids is 2. The molecular formula is C34H37ClFN7O5. The second-order valence-corrected chi connectivity index (χ2v) is 12.1. The number of anilines is 2. The highest BCUT2D eigenvalue weighted by atomic mass is 35.5. The SMILES string of the molecule is COc1ccc(N(C(=O)Nc2ccc(F)cc2)C(C)c2nc3ccc(Cl)cc3c(=O)n2N2CCN(C(=O)C3CCCN3)CC2)c(OC)c1. The second kappa shape index (κ2) is 14.1. The molecule has 2 fully saturated rings. The van der Waals surface area contributed by atoms with Crippen LogP contribution in [-0.4, -0.2) is 79.5 Å². The van der Waals surface area contributed by atoms with E-state index in [4.69, 9.17) is 26.1 Å². The van der Waals surface area contributed by atoms with E-state index in [0.717, 1.165) is 19.4 Å². The highest BCUT2D eigenvalue weighted by molar-refractivity contribution is 6.31. The van der Waals surface area contributed by atoms with Gasteiger partial charge in [-0.3, -0.25) is 14.5 Å². The molecule has 0 saturated carbocycles. The lowest BCUT2D eigenvalue weighted by molar-refractivity contribution is -0.133. The van der Waals surface area contributed by atoms with E-state index in [1.807, 2.05) is 9.91 Å². The highest BCUT2D eigenvalue weighted by Gasteiger charge is 2.34. The molecule has 0 radical (unpaired) electrons.